The number of rotatable bonds is 6. The summed E-state index contributed by atoms with van der Waals surface area (Å²) >= 11 is 0. The van der Waals surface area contributed by atoms with Gasteiger partial charge in [-0.25, -0.2) is 9.37 Å². The van der Waals surface area contributed by atoms with Crippen molar-refractivity contribution in [3.63, 3.8) is 0 Å². The highest BCUT2D eigenvalue weighted by atomic mass is 19.1. The van der Waals surface area contributed by atoms with Crippen LogP contribution in [0.15, 0.2) is 66.7 Å². The van der Waals surface area contributed by atoms with Crippen LogP contribution in [0.2, 0.25) is 0 Å². The first-order valence-electron chi connectivity index (χ1n) is 13.0. The van der Waals surface area contributed by atoms with E-state index in [0.717, 1.165) is 43.4 Å². The van der Waals surface area contributed by atoms with Crippen LogP contribution in [-0.4, -0.2) is 47.4 Å². The van der Waals surface area contributed by atoms with E-state index >= 15 is 4.39 Å². The van der Waals surface area contributed by atoms with Gasteiger partial charge in [0.05, 0.1) is 5.69 Å². The Bertz CT molecular complexity index is 1500. The second-order valence-electron chi connectivity index (χ2n) is 10.00. The van der Waals surface area contributed by atoms with Crippen molar-refractivity contribution < 1.29 is 14.0 Å². The molecule has 4 aromatic rings. The number of anilines is 3. The Morgan fingerprint density at radius 2 is 1.51 bits per heavy atom. The van der Waals surface area contributed by atoms with Crippen LogP contribution < -0.4 is 15.1 Å². The highest BCUT2D eigenvalue weighted by Gasteiger charge is 2.29. The van der Waals surface area contributed by atoms with Crippen LogP contribution in [0, 0.1) is 26.6 Å². The van der Waals surface area contributed by atoms with Gasteiger partial charge in [0.2, 0.25) is 0 Å². The Labute approximate surface area is 227 Å². The first kappa shape index (κ1) is 26.2. The second kappa shape index (κ2) is 10.7. The molecular formula is C31H32FN5O2. The van der Waals surface area contributed by atoms with Crippen molar-refractivity contribution in [3.8, 4) is 11.1 Å². The van der Waals surface area contributed by atoms with Crippen molar-refractivity contribution >= 4 is 28.9 Å². The van der Waals surface area contributed by atoms with Crippen LogP contribution in [0.25, 0.3) is 11.1 Å². The number of piperazine rings is 1. The summed E-state index contributed by atoms with van der Waals surface area (Å²) in [4.78, 5) is 35.4. The lowest BCUT2D eigenvalue weighted by molar-refractivity contribution is -0.112. The highest BCUT2D eigenvalue weighted by molar-refractivity contribution is 6.47. The van der Waals surface area contributed by atoms with Gasteiger partial charge in [-0.1, -0.05) is 30.3 Å². The lowest BCUT2D eigenvalue weighted by atomic mass is 10.0. The van der Waals surface area contributed by atoms with Gasteiger partial charge in [-0.05, 0) is 68.3 Å². The zero-order valence-electron chi connectivity index (χ0n) is 22.7. The number of benzene rings is 2. The maximum absolute atomic E-state index is 15.1. The van der Waals surface area contributed by atoms with Gasteiger partial charge in [-0.3, -0.25) is 9.59 Å². The molecule has 0 saturated carbocycles. The van der Waals surface area contributed by atoms with Crippen LogP contribution in [0.5, 0.6) is 0 Å². The fourth-order valence-electron chi connectivity index (χ4n) is 5.13. The molecule has 1 saturated heterocycles. The fraction of sp³-hybridized carbons (Fsp3) is 0.258. The molecular weight excluding hydrogens is 493 g/mol. The van der Waals surface area contributed by atoms with E-state index in [1.165, 1.54) is 10.1 Å². The molecule has 0 atom stereocenters. The maximum Gasteiger partial charge on any atom is 0.298 e. The SMILES string of the molecule is Cc1cc(C)nc(N2CCN(c3ccc(NC(=O)C(=O)c4c(-c5ccccc5)c(F)c(C)n4C)cc3)CC2)c1. The minimum absolute atomic E-state index is 0.0292. The molecule has 39 heavy (non-hydrogen) atoms. The monoisotopic (exact) mass is 525 g/mol. The second-order valence-corrected chi connectivity index (χ2v) is 10.00. The van der Waals surface area contributed by atoms with Crippen LogP contribution in [0.3, 0.4) is 0 Å². The number of carbonyl (C=O) groups is 2. The number of amides is 1. The minimum Gasteiger partial charge on any atom is -0.368 e. The number of hydrogen-bond acceptors (Lipinski definition) is 5. The van der Waals surface area contributed by atoms with Crippen LogP contribution in [0.1, 0.15) is 27.4 Å². The molecule has 1 aliphatic heterocycles. The van der Waals surface area contributed by atoms with E-state index in [2.05, 4.69) is 39.2 Å². The van der Waals surface area contributed by atoms with Crippen molar-refractivity contribution in [1.82, 2.24) is 9.55 Å². The Morgan fingerprint density at radius 3 is 2.15 bits per heavy atom. The summed E-state index contributed by atoms with van der Waals surface area (Å²) in [5.74, 6) is -1.09. The molecule has 0 aliphatic carbocycles. The molecule has 200 valence electrons. The summed E-state index contributed by atoms with van der Waals surface area (Å²) in [6.07, 6.45) is 0. The Hall–Kier alpha value is -4.46. The van der Waals surface area contributed by atoms with Gasteiger partial charge >= 0.3 is 0 Å². The lowest BCUT2D eigenvalue weighted by Gasteiger charge is -2.37. The van der Waals surface area contributed by atoms with Gasteiger partial charge < -0.3 is 19.7 Å². The minimum atomic E-state index is -0.810. The summed E-state index contributed by atoms with van der Waals surface area (Å²) in [7, 11) is 1.59. The van der Waals surface area contributed by atoms with E-state index in [0.29, 0.717) is 16.9 Å². The van der Waals surface area contributed by atoms with Crippen LogP contribution in [0.4, 0.5) is 21.6 Å². The van der Waals surface area contributed by atoms with E-state index in [-0.39, 0.29) is 11.3 Å². The van der Waals surface area contributed by atoms with Gasteiger partial charge in [0.15, 0.2) is 5.82 Å². The van der Waals surface area contributed by atoms with Crippen molar-refractivity contribution in [1.29, 1.82) is 0 Å². The molecule has 2 aromatic heterocycles. The molecule has 7 nitrogen and oxygen atoms in total. The van der Waals surface area contributed by atoms with E-state index in [1.807, 2.05) is 25.1 Å². The average Bonchev–Trinajstić information content (AvgIpc) is 3.17. The predicted octanol–water partition coefficient (Wildman–Crippen LogP) is 5.30. The summed E-state index contributed by atoms with van der Waals surface area (Å²) in [5.41, 5.74) is 4.78. The molecule has 0 radical (unpaired) electrons. The molecule has 1 fully saturated rings. The standard InChI is InChI=1S/C31H32FN5O2/c1-20-18-21(2)33-26(19-20)37-16-14-36(15-17-37)25-12-10-24(11-13-25)34-31(39)30(38)29-27(23-8-6-5-7-9-23)28(32)22(3)35(29)4/h5-13,18-19H,14-17H2,1-4H3,(H,34,39). The number of pyridine rings is 1. The third-order valence-electron chi connectivity index (χ3n) is 7.27. The lowest BCUT2D eigenvalue weighted by Crippen LogP contribution is -2.46. The van der Waals surface area contributed by atoms with Gasteiger partial charge in [0.25, 0.3) is 11.7 Å². The third kappa shape index (κ3) is 5.27. The van der Waals surface area contributed by atoms with Gasteiger partial charge in [-0.15, -0.1) is 0 Å². The Morgan fingerprint density at radius 1 is 0.872 bits per heavy atom. The number of Topliss-reactive ketones (excluding diaryl/α,β-unsaturated/α-hetero) is 1. The fourth-order valence-corrected chi connectivity index (χ4v) is 5.13. The first-order chi connectivity index (χ1) is 18.7. The van der Waals surface area contributed by atoms with E-state index in [1.54, 1.807) is 50.4 Å². The highest BCUT2D eigenvalue weighted by Crippen LogP contribution is 2.31. The first-order valence-corrected chi connectivity index (χ1v) is 13.0. The zero-order valence-corrected chi connectivity index (χ0v) is 22.7. The van der Waals surface area contributed by atoms with Crippen molar-refractivity contribution in [2.75, 3.05) is 41.3 Å². The number of aryl methyl sites for hydroxylation is 2. The summed E-state index contributed by atoms with van der Waals surface area (Å²) < 4.78 is 16.5. The molecule has 1 aliphatic rings. The molecule has 0 spiro atoms. The van der Waals surface area contributed by atoms with Crippen molar-refractivity contribution in [2.45, 2.75) is 20.8 Å². The number of nitrogens with zero attached hydrogens (tertiary/aromatic N) is 4. The molecule has 1 amide bonds. The molecule has 0 bridgehead atoms. The summed E-state index contributed by atoms with van der Waals surface area (Å²) in [6.45, 7) is 9.11. The van der Waals surface area contributed by atoms with E-state index in [9.17, 15) is 9.59 Å². The Kier molecular flexibility index (Phi) is 7.19. The molecule has 0 unspecified atom stereocenters. The smallest absolute Gasteiger partial charge is 0.298 e. The van der Waals surface area contributed by atoms with Crippen molar-refractivity contribution in [2.24, 2.45) is 7.05 Å². The van der Waals surface area contributed by atoms with E-state index < -0.39 is 17.5 Å². The van der Waals surface area contributed by atoms with Crippen molar-refractivity contribution in [3.05, 3.63) is 95.2 Å². The maximum atomic E-state index is 15.1. The molecule has 3 heterocycles. The average molecular weight is 526 g/mol. The number of halogens is 1. The summed E-state index contributed by atoms with van der Waals surface area (Å²) in [5, 5.41) is 2.68. The molecule has 8 heteroatoms. The van der Waals surface area contributed by atoms with Crippen LogP contribution in [-0.2, 0) is 11.8 Å². The third-order valence-corrected chi connectivity index (χ3v) is 7.27. The number of aromatic nitrogens is 2. The summed E-state index contributed by atoms with van der Waals surface area (Å²) in [6, 6.07) is 20.5. The van der Waals surface area contributed by atoms with Gasteiger partial charge in [-0.2, -0.15) is 0 Å². The molecule has 5 rings (SSSR count). The number of hydrogen-bond donors (Lipinski definition) is 1. The predicted molar refractivity (Wildman–Crippen MR) is 153 cm³/mol. The van der Waals surface area contributed by atoms with Gasteiger partial charge in [0, 0.05) is 55.9 Å². The number of nitrogens with one attached hydrogen (secondary N) is 1. The topological polar surface area (TPSA) is 70.5 Å². The van der Waals surface area contributed by atoms with E-state index in [4.69, 9.17) is 0 Å². The quantitative estimate of drug-likeness (QED) is 0.273. The zero-order chi connectivity index (χ0) is 27.7. The molecule has 1 N–H and O–H groups in total. The van der Waals surface area contributed by atoms with Gasteiger partial charge in [0.1, 0.15) is 11.5 Å². The molecule has 2 aromatic carbocycles. The largest absolute Gasteiger partial charge is 0.368 e. The number of ketones is 1. The number of carbonyl (C=O) groups excluding carboxylic acids is 2. The normalized spacial score (nSPS) is 13.5. The van der Waals surface area contributed by atoms with Crippen LogP contribution >= 0.6 is 0 Å². The Balaban J connectivity index is 1.26.